The second-order valence-corrected chi connectivity index (χ2v) is 7.15. The third kappa shape index (κ3) is 2.65. The predicted octanol–water partition coefficient (Wildman–Crippen LogP) is 1.05. The lowest BCUT2D eigenvalue weighted by atomic mass is 10.1. The van der Waals surface area contributed by atoms with Gasteiger partial charge in [-0.1, -0.05) is 0 Å². The number of benzene rings is 2. The van der Waals surface area contributed by atoms with E-state index in [1.807, 2.05) is 0 Å². The average Bonchev–Trinajstić information content (AvgIpc) is 2.30. The highest BCUT2D eigenvalue weighted by atomic mass is 32.2. The molecule has 0 aliphatic rings. The molecule has 4 N–H and O–H groups in total. The molecule has 0 unspecified atom stereocenters. The summed E-state index contributed by atoms with van der Waals surface area (Å²) in [6, 6.07) is 2.45. The van der Waals surface area contributed by atoms with Gasteiger partial charge >= 0.3 is 0 Å². The largest absolute Gasteiger partial charge is 0.507 e. The summed E-state index contributed by atoms with van der Waals surface area (Å²) in [6.07, 6.45) is 0. The number of phenolic OH excluding ortho intramolecular Hbond substituents is 2. The van der Waals surface area contributed by atoms with Crippen LogP contribution in [0.15, 0.2) is 28.0 Å². The van der Waals surface area contributed by atoms with E-state index >= 15 is 0 Å². The van der Waals surface area contributed by atoms with Crippen molar-refractivity contribution in [2.75, 3.05) is 0 Å². The van der Waals surface area contributed by atoms with E-state index in [4.69, 9.17) is 9.11 Å². The molecule has 0 heterocycles. The van der Waals surface area contributed by atoms with Crippen molar-refractivity contribution >= 4 is 31.0 Å². The van der Waals surface area contributed by atoms with E-state index in [9.17, 15) is 27.0 Å². The number of fused-ring (bicyclic) bond motifs is 1. The molecule has 8 nitrogen and oxygen atoms in total. The fourth-order valence-corrected chi connectivity index (χ4v) is 3.26. The molecule has 0 radical (unpaired) electrons. The highest BCUT2D eigenvalue weighted by Crippen LogP contribution is 2.39. The molecule has 0 fully saturated rings. The van der Waals surface area contributed by atoms with Gasteiger partial charge in [-0.2, -0.15) is 16.8 Å². The Labute approximate surface area is 119 Å². The number of hydrogen-bond donors (Lipinski definition) is 4. The van der Waals surface area contributed by atoms with Crippen LogP contribution < -0.4 is 0 Å². The molecule has 114 valence electrons. The Hall–Kier alpha value is -1.88. The SMILES string of the molecule is Cc1c(S(=O)(=O)O)cc2cc(S(=O)(=O)O)cc(O)c2c1O. The molecule has 0 amide bonds. The second-order valence-electron chi connectivity index (χ2n) is 4.34. The lowest BCUT2D eigenvalue weighted by molar-refractivity contribution is 0.454. The molecular weight excluding hydrogens is 324 g/mol. The highest BCUT2D eigenvalue weighted by molar-refractivity contribution is 7.86. The van der Waals surface area contributed by atoms with Crippen LogP contribution in [-0.2, 0) is 20.2 Å². The monoisotopic (exact) mass is 334 g/mol. The summed E-state index contributed by atoms with van der Waals surface area (Å²) in [5, 5.41) is 19.3. The minimum atomic E-state index is -4.66. The van der Waals surface area contributed by atoms with Gasteiger partial charge in [0.2, 0.25) is 0 Å². The van der Waals surface area contributed by atoms with Crippen LogP contribution in [0.25, 0.3) is 10.8 Å². The summed E-state index contributed by atoms with van der Waals surface area (Å²) in [5.74, 6) is -1.29. The first-order valence-electron chi connectivity index (χ1n) is 5.37. The van der Waals surface area contributed by atoms with Crippen LogP contribution in [0.4, 0.5) is 0 Å². The minimum absolute atomic E-state index is 0.182. The van der Waals surface area contributed by atoms with E-state index in [1.54, 1.807) is 0 Å². The molecule has 0 aromatic heterocycles. The first-order chi connectivity index (χ1) is 9.43. The van der Waals surface area contributed by atoms with E-state index in [-0.39, 0.29) is 16.3 Å². The van der Waals surface area contributed by atoms with Crippen LogP contribution in [0.5, 0.6) is 11.5 Å². The van der Waals surface area contributed by atoms with Crippen molar-refractivity contribution in [1.82, 2.24) is 0 Å². The fraction of sp³-hybridized carbons (Fsp3) is 0.0909. The lowest BCUT2D eigenvalue weighted by Crippen LogP contribution is -2.02. The normalized spacial score (nSPS) is 12.7. The van der Waals surface area contributed by atoms with Crippen molar-refractivity contribution in [2.24, 2.45) is 0 Å². The van der Waals surface area contributed by atoms with E-state index in [0.29, 0.717) is 6.07 Å². The average molecular weight is 334 g/mol. The van der Waals surface area contributed by atoms with E-state index in [0.717, 1.165) is 12.1 Å². The van der Waals surface area contributed by atoms with Crippen molar-refractivity contribution in [2.45, 2.75) is 16.7 Å². The van der Waals surface area contributed by atoms with Gasteiger partial charge < -0.3 is 10.2 Å². The molecule has 2 aromatic carbocycles. The maximum atomic E-state index is 11.2. The topological polar surface area (TPSA) is 149 Å². The smallest absolute Gasteiger partial charge is 0.294 e. The third-order valence-electron chi connectivity index (χ3n) is 2.95. The van der Waals surface area contributed by atoms with Gasteiger partial charge in [0, 0.05) is 11.6 Å². The van der Waals surface area contributed by atoms with Gasteiger partial charge in [-0.05, 0) is 24.4 Å². The summed E-state index contributed by atoms with van der Waals surface area (Å²) in [5.41, 5.74) is -0.208. The predicted molar refractivity (Wildman–Crippen MR) is 71.6 cm³/mol. The molecular formula is C11H10O8S2. The molecule has 0 atom stereocenters. The lowest BCUT2D eigenvalue weighted by Gasteiger charge is -2.11. The number of rotatable bonds is 2. The van der Waals surface area contributed by atoms with Crippen LogP contribution >= 0.6 is 0 Å². The quantitative estimate of drug-likeness (QED) is 0.595. The van der Waals surface area contributed by atoms with Gasteiger partial charge in [0.25, 0.3) is 20.2 Å². The van der Waals surface area contributed by atoms with Crippen molar-refractivity contribution in [3.05, 3.63) is 23.8 Å². The zero-order valence-corrected chi connectivity index (χ0v) is 12.1. The number of hydrogen-bond acceptors (Lipinski definition) is 6. The molecule has 0 aliphatic carbocycles. The molecule has 10 heteroatoms. The van der Waals surface area contributed by atoms with Crippen LogP contribution in [0, 0.1) is 6.92 Å². The Morgan fingerprint density at radius 1 is 0.905 bits per heavy atom. The van der Waals surface area contributed by atoms with Crippen LogP contribution in [0.1, 0.15) is 5.56 Å². The molecule has 0 saturated heterocycles. The zero-order valence-electron chi connectivity index (χ0n) is 10.5. The van der Waals surface area contributed by atoms with Gasteiger partial charge in [-0.15, -0.1) is 0 Å². The summed E-state index contributed by atoms with van der Waals surface area (Å²) in [6.45, 7) is 1.20. The van der Waals surface area contributed by atoms with E-state index in [1.165, 1.54) is 6.92 Å². The number of phenols is 2. The van der Waals surface area contributed by atoms with Crippen molar-refractivity contribution in [3.8, 4) is 11.5 Å². The molecule has 0 saturated carbocycles. The standard InChI is InChI=1S/C11H10O8S2/c1-5-9(21(17,18)19)3-6-2-7(20(14,15)16)4-8(12)10(6)11(5)13/h2-4,12-13H,1H3,(H,14,15,16)(H,17,18,19). The Kier molecular flexibility index (Phi) is 3.37. The second kappa shape index (κ2) is 4.56. The molecule has 0 bridgehead atoms. The van der Waals surface area contributed by atoms with E-state index < -0.39 is 41.5 Å². The van der Waals surface area contributed by atoms with Crippen molar-refractivity contribution in [1.29, 1.82) is 0 Å². The Morgan fingerprint density at radius 2 is 1.48 bits per heavy atom. The summed E-state index contributed by atoms with van der Waals surface area (Å²) in [4.78, 5) is -1.32. The summed E-state index contributed by atoms with van der Waals surface area (Å²) >= 11 is 0. The molecule has 0 spiro atoms. The first-order valence-corrected chi connectivity index (χ1v) is 8.25. The van der Waals surface area contributed by atoms with Gasteiger partial charge in [0.05, 0.1) is 10.3 Å². The molecule has 21 heavy (non-hydrogen) atoms. The summed E-state index contributed by atoms with van der Waals surface area (Å²) in [7, 11) is -9.30. The fourth-order valence-electron chi connectivity index (χ4n) is 1.96. The zero-order chi connectivity index (χ0) is 16.2. The van der Waals surface area contributed by atoms with Crippen LogP contribution in [-0.4, -0.2) is 36.2 Å². The van der Waals surface area contributed by atoms with Crippen LogP contribution in [0.2, 0.25) is 0 Å². The Balaban J connectivity index is 3.03. The Bertz CT molecular complexity index is 958. The highest BCUT2D eigenvalue weighted by Gasteiger charge is 2.22. The molecule has 2 aromatic rings. The van der Waals surface area contributed by atoms with Gasteiger partial charge in [0.1, 0.15) is 16.4 Å². The third-order valence-corrected chi connectivity index (χ3v) is 4.76. The summed E-state index contributed by atoms with van der Waals surface area (Å²) < 4.78 is 62.7. The first kappa shape index (κ1) is 15.5. The van der Waals surface area contributed by atoms with Crippen molar-refractivity contribution in [3.63, 3.8) is 0 Å². The minimum Gasteiger partial charge on any atom is -0.507 e. The van der Waals surface area contributed by atoms with Gasteiger partial charge in [0.15, 0.2) is 0 Å². The van der Waals surface area contributed by atoms with Crippen LogP contribution in [0.3, 0.4) is 0 Å². The molecule has 2 rings (SSSR count). The maximum Gasteiger partial charge on any atom is 0.294 e. The molecule has 0 aliphatic heterocycles. The van der Waals surface area contributed by atoms with Gasteiger partial charge in [-0.3, -0.25) is 9.11 Å². The Morgan fingerprint density at radius 3 is 1.95 bits per heavy atom. The maximum absolute atomic E-state index is 11.2. The number of aromatic hydroxyl groups is 2. The van der Waals surface area contributed by atoms with Crippen molar-refractivity contribution < 1.29 is 36.2 Å². The van der Waals surface area contributed by atoms with Gasteiger partial charge in [-0.25, -0.2) is 0 Å². The van der Waals surface area contributed by atoms with E-state index in [2.05, 4.69) is 0 Å².